The van der Waals surface area contributed by atoms with Gasteiger partial charge in [-0.3, -0.25) is 4.72 Å². The van der Waals surface area contributed by atoms with Crippen LogP contribution in [0.3, 0.4) is 0 Å². The summed E-state index contributed by atoms with van der Waals surface area (Å²) in [5.74, 6) is 0. The average molecular weight is 387 g/mol. The van der Waals surface area contributed by atoms with Crippen LogP contribution in [-0.2, 0) is 10.0 Å². The molecule has 2 rings (SSSR count). The van der Waals surface area contributed by atoms with Gasteiger partial charge in [0, 0.05) is 15.2 Å². The van der Waals surface area contributed by atoms with E-state index in [-0.39, 0.29) is 16.1 Å². The molecule has 0 saturated heterocycles. The molecular weight excluding hydrogens is 378 g/mol. The zero-order valence-corrected chi connectivity index (χ0v) is 13.6. The van der Waals surface area contributed by atoms with E-state index in [1.54, 1.807) is 0 Å². The molecule has 3 N–H and O–H groups in total. The standard InChI is InChI=1S/C13H9BrClN3O2S/c14-11-6-10(17)3-4-13(11)21(19,20)18-12-5-9(15)2-1-8(12)7-16/h1-6,18H,17H2. The fraction of sp³-hybridized carbons (Fsp3) is 0. The Morgan fingerprint density at radius 1 is 1.24 bits per heavy atom. The highest BCUT2D eigenvalue weighted by Gasteiger charge is 2.19. The molecule has 0 bridgehead atoms. The second-order valence-electron chi connectivity index (χ2n) is 4.10. The first-order chi connectivity index (χ1) is 9.83. The normalized spacial score (nSPS) is 10.9. The van der Waals surface area contributed by atoms with E-state index < -0.39 is 10.0 Å². The molecule has 0 aromatic heterocycles. The molecule has 0 aliphatic carbocycles. The molecule has 0 radical (unpaired) electrons. The van der Waals surface area contributed by atoms with Gasteiger partial charge in [0.05, 0.1) is 11.3 Å². The summed E-state index contributed by atoms with van der Waals surface area (Å²) in [6.45, 7) is 0. The summed E-state index contributed by atoms with van der Waals surface area (Å²) in [7, 11) is -3.87. The molecule has 0 saturated carbocycles. The van der Waals surface area contributed by atoms with E-state index >= 15 is 0 Å². The van der Waals surface area contributed by atoms with Crippen molar-refractivity contribution in [1.82, 2.24) is 0 Å². The lowest BCUT2D eigenvalue weighted by molar-refractivity contribution is 0.601. The molecular formula is C13H9BrClN3O2S. The minimum Gasteiger partial charge on any atom is -0.399 e. The zero-order chi connectivity index (χ0) is 15.6. The maximum Gasteiger partial charge on any atom is 0.263 e. The molecule has 0 atom stereocenters. The summed E-state index contributed by atoms with van der Waals surface area (Å²) in [6.07, 6.45) is 0. The lowest BCUT2D eigenvalue weighted by atomic mass is 10.2. The predicted octanol–water partition coefficient (Wildman–Crippen LogP) is 3.36. The predicted molar refractivity (Wildman–Crippen MR) is 85.5 cm³/mol. The van der Waals surface area contributed by atoms with E-state index in [1.807, 2.05) is 6.07 Å². The molecule has 0 amide bonds. The average Bonchev–Trinajstić information content (AvgIpc) is 2.37. The van der Waals surface area contributed by atoms with Crippen LogP contribution in [0.25, 0.3) is 0 Å². The highest BCUT2D eigenvalue weighted by Crippen LogP contribution is 2.28. The molecule has 21 heavy (non-hydrogen) atoms. The number of rotatable bonds is 3. The van der Waals surface area contributed by atoms with Crippen molar-refractivity contribution in [2.24, 2.45) is 0 Å². The van der Waals surface area contributed by atoms with Crippen LogP contribution in [0.4, 0.5) is 11.4 Å². The van der Waals surface area contributed by atoms with Crippen LogP contribution in [0, 0.1) is 11.3 Å². The Kier molecular flexibility index (Phi) is 4.42. The Bertz CT molecular complexity index is 847. The van der Waals surface area contributed by atoms with E-state index in [0.717, 1.165) is 0 Å². The summed E-state index contributed by atoms with van der Waals surface area (Å²) >= 11 is 8.99. The van der Waals surface area contributed by atoms with Crippen LogP contribution in [-0.4, -0.2) is 8.42 Å². The minimum absolute atomic E-state index is 0.0144. The van der Waals surface area contributed by atoms with Crippen LogP contribution in [0.1, 0.15) is 5.56 Å². The van der Waals surface area contributed by atoms with E-state index in [2.05, 4.69) is 20.7 Å². The Hall–Kier alpha value is -1.75. The van der Waals surface area contributed by atoms with Crippen molar-refractivity contribution < 1.29 is 8.42 Å². The van der Waals surface area contributed by atoms with E-state index in [4.69, 9.17) is 22.6 Å². The molecule has 5 nitrogen and oxygen atoms in total. The van der Waals surface area contributed by atoms with Gasteiger partial charge in [0.25, 0.3) is 10.0 Å². The second-order valence-corrected chi connectivity index (χ2v) is 7.04. The summed E-state index contributed by atoms with van der Waals surface area (Å²) in [5, 5.41) is 9.34. The van der Waals surface area contributed by atoms with Crippen LogP contribution < -0.4 is 10.5 Å². The molecule has 0 unspecified atom stereocenters. The smallest absolute Gasteiger partial charge is 0.263 e. The minimum atomic E-state index is -3.87. The van der Waals surface area contributed by atoms with Gasteiger partial charge in [0.15, 0.2) is 0 Å². The third-order valence-electron chi connectivity index (χ3n) is 2.59. The SMILES string of the molecule is N#Cc1ccc(Cl)cc1NS(=O)(=O)c1ccc(N)cc1Br. The number of nitrogen functional groups attached to an aromatic ring is 1. The first kappa shape index (κ1) is 15.6. The van der Waals surface area contributed by atoms with E-state index in [9.17, 15) is 8.42 Å². The number of nitrogens with two attached hydrogens (primary N) is 1. The van der Waals surface area contributed by atoms with Crippen LogP contribution in [0.15, 0.2) is 45.8 Å². The number of nitrogens with zero attached hydrogens (tertiary/aromatic N) is 1. The number of hydrogen-bond acceptors (Lipinski definition) is 4. The van der Waals surface area contributed by atoms with Gasteiger partial charge in [0.2, 0.25) is 0 Å². The second kappa shape index (κ2) is 5.93. The van der Waals surface area contributed by atoms with Crippen molar-refractivity contribution in [1.29, 1.82) is 5.26 Å². The van der Waals surface area contributed by atoms with Crippen molar-refractivity contribution in [3.63, 3.8) is 0 Å². The number of nitriles is 1. The van der Waals surface area contributed by atoms with E-state index in [1.165, 1.54) is 36.4 Å². The molecule has 0 aliphatic rings. The van der Waals surface area contributed by atoms with Crippen molar-refractivity contribution >= 4 is 48.9 Å². The fourth-order valence-electron chi connectivity index (χ4n) is 1.63. The molecule has 8 heteroatoms. The third-order valence-corrected chi connectivity index (χ3v) is 5.17. The first-order valence-corrected chi connectivity index (χ1v) is 8.26. The topological polar surface area (TPSA) is 96.0 Å². The number of nitrogens with one attached hydrogen (secondary N) is 1. The highest BCUT2D eigenvalue weighted by atomic mass is 79.9. The summed E-state index contributed by atoms with van der Waals surface area (Å²) in [6, 6.07) is 10.6. The van der Waals surface area contributed by atoms with Crippen molar-refractivity contribution in [2.75, 3.05) is 10.5 Å². The van der Waals surface area contributed by atoms with E-state index in [0.29, 0.717) is 15.2 Å². The quantitative estimate of drug-likeness (QED) is 0.791. The Labute approximate surface area is 135 Å². The number of benzene rings is 2. The maximum absolute atomic E-state index is 12.4. The summed E-state index contributed by atoms with van der Waals surface area (Å²) < 4.78 is 27.4. The highest BCUT2D eigenvalue weighted by molar-refractivity contribution is 9.10. The molecule has 0 spiro atoms. The number of hydrogen-bond donors (Lipinski definition) is 2. The molecule has 0 aliphatic heterocycles. The molecule has 0 heterocycles. The number of halogens is 2. The molecule has 0 fully saturated rings. The summed E-state index contributed by atoms with van der Waals surface area (Å²) in [4.78, 5) is 0.0144. The van der Waals surface area contributed by atoms with Crippen LogP contribution in [0.2, 0.25) is 5.02 Å². The fourth-order valence-corrected chi connectivity index (χ4v) is 3.97. The largest absolute Gasteiger partial charge is 0.399 e. The van der Waals surface area contributed by atoms with Crippen LogP contribution >= 0.6 is 27.5 Å². The number of sulfonamides is 1. The van der Waals surface area contributed by atoms with Gasteiger partial charge in [-0.25, -0.2) is 8.42 Å². The van der Waals surface area contributed by atoms with Gasteiger partial charge in [-0.1, -0.05) is 11.6 Å². The van der Waals surface area contributed by atoms with Crippen LogP contribution in [0.5, 0.6) is 0 Å². The van der Waals surface area contributed by atoms with Gasteiger partial charge in [-0.2, -0.15) is 5.26 Å². The monoisotopic (exact) mass is 385 g/mol. The lowest BCUT2D eigenvalue weighted by Crippen LogP contribution is -2.14. The molecule has 2 aromatic rings. The molecule has 108 valence electrons. The van der Waals surface area contributed by atoms with Gasteiger partial charge in [-0.15, -0.1) is 0 Å². The zero-order valence-electron chi connectivity index (χ0n) is 10.5. The van der Waals surface area contributed by atoms with Gasteiger partial charge in [-0.05, 0) is 52.3 Å². The van der Waals surface area contributed by atoms with Crippen molar-refractivity contribution in [3.8, 4) is 6.07 Å². The first-order valence-electron chi connectivity index (χ1n) is 5.61. The van der Waals surface area contributed by atoms with Gasteiger partial charge >= 0.3 is 0 Å². The van der Waals surface area contributed by atoms with Crippen molar-refractivity contribution in [3.05, 3.63) is 51.5 Å². The molecule has 2 aromatic carbocycles. The number of anilines is 2. The van der Waals surface area contributed by atoms with Gasteiger partial charge < -0.3 is 5.73 Å². The van der Waals surface area contributed by atoms with Crippen molar-refractivity contribution in [2.45, 2.75) is 4.90 Å². The van der Waals surface area contributed by atoms with Gasteiger partial charge in [0.1, 0.15) is 11.0 Å². The Morgan fingerprint density at radius 2 is 1.95 bits per heavy atom. The summed E-state index contributed by atoms with van der Waals surface area (Å²) in [5.41, 5.74) is 6.31. The maximum atomic E-state index is 12.4. The third kappa shape index (κ3) is 3.47. The lowest BCUT2D eigenvalue weighted by Gasteiger charge is -2.11. The Morgan fingerprint density at radius 3 is 2.57 bits per heavy atom. The Balaban J connectivity index is 2.47.